The first kappa shape index (κ1) is 15.6. The lowest BCUT2D eigenvalue weighted by Crippen LogP contribution is -2.42. The van der Waals surface area contributed by atoms with E-state index in [0.717, 1.165) is 12.1 Å². The summed E-state index contributed by atoms with van der Waals surface area (Å²) in [5.41, 5.74) is 3.44. The molecule has 19 heavy (non-hydrogen) atoms. The third-order valence-corrected chi connectivity index (χ3v) is 3.05. The lowest BCUT2D eigenvalue weighted by atomic mass is 9.92. The molecule has 0 fully saturated rings. The fourth-order valence-corrected chi connectivity index (χ4v) is 1.64. The van der Waals surface area contributed by atoms with Crippen LogP contribution in [0.25, 0.3) is 0 Å². The highest BCUT2D eigenvalue weighted by molar-refractivity contribution is 9.10. The second-order valence-electron chi connectivity index (χ2n) is 4.68. The Balaban J connectivity index is 2.89. The van der Waals surface area contributed by atoms with Crippen molar-refractivity contribution in [1.29, 1.82) is 0 Å². The van der Waals surface area contributed by atoms with Gasteiger partial charge < -0.3 is 11.1 Å². The predicted molar refractivity (Wildman–Crippen MR) is 69.4 cm³/mol. The minimum Gasteiger partial charge on any atom is -0.369 e. The van der Waals surface area contributed by atoms with Crippen LogP contribution in [-0.2, 0) is 4.79 Å². The van der Waals surface area contributed by atoms with Crippen molar-refractivity contribution in [3.05, 3.63) is 33.8 Å². The molecular formula is C12H13BrF2N2O2. The molecule has 7 heteroatoms. The maximum atomic E-state index is 13.5. The first-order chi connectivity index (χ1) is 8.65. The van der Waals surface area contributed by atoms with Crippen LogP contribution >= 0.6 is 15.9 Å². The highest BCUT2D eigenvalue weighted by atomic mass is 79.9. The van der Waals surface area contributed by atoms with Gasteiger partial charge in [-0.2, -0.15) is 0 Å². The molecule has 0 aromatic heterocycles. The third kappa shape index (κ3) is 3.73. The minimum atomic E-state index is -1.00. The molecule has 0 aliphatic heterocycles. The number of amides is 2. The molecule has 104 valence electrons. The fourth-order valence-electron chi connectivity index (χ4n) is 1.24. The van der Waals surface area contributed by atoms with Crippen molar-refractivity contribution in [2.24, 2.45) is 11.1 Å². The number of rotatable bonds is 4. The molecule has 0 saturated carbocycles. The molecule has 0 radical (unpaired) electrons. The summed E-state index contributed by atoms with van der Waals surface area (Å²) in [6.07, 6.45) is 0. The highest BCUT2D eigenvalue weighted by Crippen LogP contribution is 2.20. The van der Waals surface area contributed by atoms with Crippen LogP contribution in [0.1, 0.15) is 24.2 Å². The van der Waals surface area contributed by atoms with Gasteiger partial charge in [-0.1, -0.05) is 15.9 Å². The lowest BCUT2D eigenvalue weighted by molar-refractivity contribution is -0.125. The van der Waals surface area contributed by atoms with Crippen molar-refractivity contribution in [2.75, 3.05) is 6.54 Å². The van der Waals surface area contributed by atoms with Crippen LogP contribution < -0.4 is 11.1 Å². The van der Waals surface area contributed by atoms with Gasteiger partial charge in [-0.3, -0.25) is 9.59 Å². The molecule has 0 atom stereocenters. The molecular weight excluding hydrogens is 322 g/mol. The van der Waals surface area contributed by atoms with Crippen molar-refractivity contribution < 1.29 is 18.4 Å². The zero-order valence-corrected chi connectivity index (χ0v) is 12.0. The number of carbonyl (C=O) groups excluding carboxylic acids is 2. The molecule has 0 unspecified atom stereocenters. The van der Waals surface area contributed by atoms with E-state index in [2.05, 4.69) is 21.2 Å². The second-order valence-corrected chi connectivity index (χ2v) is 5.59. The largest absolute Gasteiger partial charge is 0.369 e. The number of hydrogen-bond acceptors (Lipinski definition) is 2. The van der Waals surface area contributed by atoms with E-state index in [1.807, 2.05) is 0 Å². The Kier molecular flexibility index (Phi) is 4.62. The molecule has 3 N–H and O–H groups in total. The molecule has 0 bridgehead atoms. The molecule has 0 spiro atoms. The number of primary amides is 1. The number of carbonyl (C=O) groups is 2. The van der Waals surface area contributed by atoms with Crippen LogP contribution in [0.4, 0.5) is 8.78 Å². The van der Waals surface area contributed by atoms with Crippen molar-refractivity contribution >= 4 is 27.7 Å². The summed E-state index contributed by atoms with van der Waals surface area (Å²) >= 11 is 2.91. The van der Waals surface area contributed by atoms with Gasteiger partial charge in [0.15, 0.2) is 0 Å². The van der Waals surface area contributed by atoms with E-state index in [9.17, 15) is 18.4 Å². The number of nitrogens with one attached hydrogen (secondary N) is 1. The number of nitrogens with two attached hydrogens (primary N) is 1. The Morgan fingerprint density at radius 3 is 2.21 bits per heavy atom. The second kappa shape index (κ2) is 5.64. The van der Waals surface area contributed by atoms with E-state index in [1.165, 1.54) is 13.8 Å². The monoisotopic (exact) mass is 334 g/mol. The number of halogens is 3. The highest BCUT2D eigenvalue weighted by Gasteiger charge is 2.27. The Morgan fingerprint density at radius 1 is 1.32 bits per heavy atom. The van der Waals surface area contributed by atoms with Gasteiger partial charge in [0.2, 0.25) is 5.91 Å². The summed E-state index contributed by atoms with van der Waals surface area (Å²) in [5.74, 6) is -3.52. The fraction of sp³-hybridized carbons (Fsp3) is 0.333. The van der Waals surface area contributed by atoms with Gasteiger partial charge in [0.1, 0.15) is 17.2 Å². The minimum absolute atomic E-state index is 0.115. The van der Waals surface area contributed by atoms with Gasteiger partial charge in [0.25, 0.3) is 5.91 Å². The number of hydrogen-bond donors (Lipinski definition) is 2. The smallest absolute Gasteiger partial charge is 0.257 e. The Labute approximate surface area is 117 Å². The zero-order chi connectivity index (χ0) is 14.8. The molecule has 0 heterocycles. The molecule has 1 aromatic carbocycles. The van der Waals surface area contributed by atoms with Gasteiger partial charge in [0.05, 0.1) is 5.41 Å². The predicted octanol–water partition coefficient (Wildman–Crippen LogP) is 1.97. The van der Waals surface area contributed by atoms with E-state index in [4.69, 9.17) is 5.73 Å². The summed E-state index contributed by atoms with van der Waals surface area (Å²) < 4.78 is 27.2. The SMILES string of the molecule is CC(C)(CNC(=O)c1c(F)cc(Br)cc1F)C(N)=O. The standard InChI is InChI=1S/C12H13BrF2N2O2/c1-12(2,11(16)19)5-17-10(18)9-7(14)3-6(13)4-8(9)15/h3-4H,5H2,1-2H3,(H2,16,19)(H,17,18). The topological polar surface area (TPSA) is 72.2 Å². The van der Waals surface area contributed by atoms with Crippen LogP contribution in [-0.4, -0.2) is 18.4 Å². The summed E-state index contributed by atoms with van der Waals surface area (Å²) in [4.78, 5) is 22.8. The summed E-state index contributed by atoms with van der Waals surface area (Å²) in [7, 11) is 0. The van der Waals surface area contributed by atoms with Gasteiger partial charge in [-0.25, -0.2) is 8.78 Å². The van der Waals surface area contributed by atoms with Crippen LogP contribution in [0.5, 0.6) is 0 Å². The maximum absolute atomic E-state index is 13.5. The van der Waals surface area contributed by atoms with Crippen molar-refractivity contribution in [2.45, 2.75) is 13.8 Å². The molecule has 1 rings (SSSR count). The molecule has 2 amide bonds. The average molecular weight is 335 g/mol. The van der Waals surface area contributed by atoms with Crippen LogP contribution in [0, 0.1) is 17.0 Å². The molecule has 0 aliphatic carbocycles. The van der Waals surface area contributed by atoms with Crippen molar-refractivity contribution in [3.63, 3.8) is 0 Å². The van der Waals surface area contributed by atoms with Crippen molar-refractivity contribution in [3.8, 4) is 0 Å². The van der Waals surface area contributed by atoms with E-state index < -0.39 is 34.4 Å². The molecule has 4 nitrogen and oxygen atoms in total. The summed E-state index contributed by atoms with van der Waals surface area (Å²) in [6, 6.07) is 1.97. The van der Waals surface area contributed by atoms with Crippen molar-refractivity contribution in [1.82, 2.24) is 5.32 Å². The maximum Gasteiger partial charge on any atom is 0.257 e. The van der Waals surface area contributed by atoms with Crippen LogP contribution in [0.3, 0.4) is 0 Å². The Morgan fingerprint density at radius 2 is 1.79 bits per heavy atom. The third-order valence-electron chi connectivity index (χ3n) is 2.59. The van der Waals surface area contributed by atoms with Gasteiger partial charge in [-0.15, -0.1) is 0 Å². The summed E-state index contributed by atoms with van der Waals surface area (Å²) in [6.45, 7) is 2.92. The van der Waals surface area contributed by atoms with Crippen LogP contribution in [0.2, 0.25) is 0 Å². The first-order valence-corrected chi connectivity index (χ1v) is 6.17. The first-order valence-electron chi connectivity index (χ1n) is 5.38. The quantitative estimate of drug-likeness (QED) is 0.883. The van der Waals surface area contributed by atoms with E-state index >= 15 is 0 Å². The normalized spacial score (nSPS) is 11.2. The van der Waals surface area contributed by atoms with Crippen LogP contribution in [0.15, 0.2) is 16.6 Å². The zero-order valence-electron chi connectivity index (χ0n) is 10.4. The molecule has 0 saturated heterocycles. The van der Waals surface area contributed by atoms with E-state index in [1.54, 1.807) is 0 Å². The van der Waals surface area contributed by atoms with Gasteiger partial charge >= 0.3 is 0 Å². The van der Waals surface area contributed by atoms with E-state index in [-0.39, 0.29) is 11.0 Å². The molecule has 1 aromatic rings. The number of benzene rings is 1. The average Bonchev–Trinajstić information content (AvgIpc) is 2.24. The van der Waals surface area contributed by atoms with E-state index in [0.29, 0.717) is 0 Å². The molecule has 0 aliphatic rings. The Bertz CT molecular complexity index is 509. The lowest BCUT2D eigenvalue weighted by Gasteiger charge is -2.20. The van der Waals surface area contributed by atoms with Gasteiger partial charge in [0, 0.05) is 11.0 Å². The Hall–Kier alpha value is -1.50. The summed E-state index contributed by atoms with van der Waals surface area (Å²) in [5, 5.41) is 2.29. The van der Waals surface area contributed by atoms with Gasteiger partial charge in [-0.05, 0) is 26.0 Å².